The molecule has 6 heteroatoms. The van der Waals surface area contributed by atoms with Crippen LogP contribution in [0.25, 0.3) is 0 Å². The Hall–Kier alpha value is -2.18. The van der Waals surface area contributed by atoms with E-state index in [-0.39, 0.29) is 18.1 Å². The maximum absolute atomic E-state index is 13.3. The Morgan fingerprint density at radius 2 is 1.92 bits per heavy atom. The molecule has 1 amide bonds. The van der Waals surface area contributed by atoms with Crippen LogP contribution in [0.15, 0.2) is 53.0 Å². The van der Waals surface area contributed by atoms with Crippen LogP contribution in [0.2, 0.25) is 0 Å². The number of methoxy groups -OCH3 is 1. The molecule has 2 aromatic carbocycles. The van der Waals surface area contributed by atoms with E-state index in [0.29, 0.717) is 13.0 Å². The van der Waals surface area contributed by atoms with Gasteiger partial charge in [-0.15, -0.1) is 0 Å². The summed E-state index contributed by atoms with van der Waals surface area (Å²) in [6.07, 6.45) is 0.161. The molecule has 3 atom stereocenters. The van der Waals surface area contributed by atoms with E-state index in [0.717, 1.165) is 21.3 Å². The average Bonchev–Trinajstić information content (AvgIpc) is 2.67. The van der Waals surface area contributed by atoms with Crippen LogP contribution in [0.5, 0.6) is 0 Å². The number of piperidine rings is 1. The second-order valence-corrected chi connectivity index (χ2v) is 7.41. The highest BCUT2D eigenvalue weighted by atomic mass is 79.9. The van der Waals surface area contributed by atoms with Crippen molar-refractivity contribution in [2.45, 2.75) is 25.2 Å². The number of hydrogen-bond donors (Lipinski definition) is 0. The molecule has 4 rings (SSSR count). The van der Waals surface area contributed by atoms with Crippen molar-refractivity contribution in [3.8, 4) is 0 Å². The average molecular weight is 416 g/mol. The summed E-state index contributed by atoms with van der Waals surface area (Å²) >= 11 is 3.42. The first-order valence-electron chi connectivity index (χ1n) is 8.46. The van der Waals surface area contributed by atoms with Gasteiger partial charge in [-0.2, -0.15) is 0 Å². The number of rotatable bonds is 2. The lowest BCUT2D eigenvalue weighted by atomic mass is 9.78. The van der Waals surface area contributed by atoms with Crippen LogP contribution in [-0.4, -0.2) is 25.2 Å². The van der Waals surface area contributed by atoms with Crippen LogP contribution >= 0.6 is 15.9 Å². The molecule has 0 bridgehead atoms. The summed E-state index contributed by atoms with van der Waals surface area (Å²) in [5.74, 6) is -1.95. The van der Waals surface area contributed by atoms with Crippen LogP contribution in [0.4, 0.5) is 5.69 Å². The Labute approximate surface area is 160 Å². The number of para-hydroxylation sites is 1. The van der Waals surface area contributed by atoms with E-state index in [9.17, 15) is 9.59 Å². The van der Waals surface area contributed by atoms with E-state index >= 15 is 0 Å². The van der Waals surface area contributed by atoms with Gasteiger partial charge in [0.2, 0.25) is 5.91 Å². The molecule has 1 fully saturated rings. The van der Waals surface area contributed by atoms with Crippen molar-refractivity contribution in [3.63, 3.8) is 0 Å². The van der Waals surface area contributed by atoms with Crippen LogP contribution in [0, 0.1) is 5.92 Å². The van der Waals surface area contributed by atoms with Crippen molar-refractivity contribution in [2.75, 3.05) is 12.0 Å². The van der Waals surface area contributed by atoms with Gasteiger partial charge >= 0.3 is 5.97 Å². The van der Waals surface area contributed by atoms with E-state index in [4.69, 9.17) is 9.47 Å². The number of ether oxygens (including phenoxy) is 2. The summed E-state index contributed by atoms with van der Waals surface area (Å²) in [4.78, 5) is 27.4. The molecule has 0 spiro atoms. The quantitative estimate of drug-likeness (QED) is 0.555. The zero-order valence-electron chi connectivity index (χ0n) is 14.2. The highest BCUT2D eigenvalue weighted by Gasteiger charge is 2.49. The number of halogens is 1. The molecule has 26 heavy (non-hydrogen) atoms. The first kappa shape index (κ1) is 17.2. The number of benzene rings is 2. The van der Waals surface area contributed by atoms with Crippen molar-refractivity contribution in [3.05, 3.63) is 64.1 Å². The number of carbonyl (C=O) groups is 2. The third-order valence-electron chi connectivity index (χ3n) is 5.09. The first-order chi connectivity index (χ1) is 12.6. The molecule has 1 saturated heterocycles. The number of carbonyl (C=O) groups excluding carboxylic acids is 2. The predicted octanol–water partition coefficient (Wildman–Crippen LogP) is 3.62. The molecule has 0 aromatic heterocycles. The van der Waals surface area contributed by atoms with Gasteiger partial charge in [-0.05, 0) is 23.8 Å². The fraction of sp³-hybridized carbons (Fsp3) is 0.300. The lowest BCUT2D eigenvalue weighted by Gasteiger charge is -2.45. The lowest BCUT2D eigenvalue weighted by molar-refractivity contribution is -0.154. The number of esters is 1. The summed E-state index contributed by atoms with van der Waals surface area (Å²) in [5.41, 5.74) is 2.69. The topological polar surface area (TPSA) is 55.8 Å². The van der Waals surface area contributed by atoms with E-state index in [1.807, 2.05) is 48.5 Å². The first-order valence-corrected chi connectivity index (χ1v) is 9.25. The maximum Gasteiger partial charge on any atom is 0.318 e. The van der Waals surface area contributed by atoms with Gasteiger partial charge in [0.1, 0.15) is 12.1 Å². The highest BCUT2D eigenvalue weighted by Crippen LogP contribution is 2.43. The zero-order valence-corrected chi connectivity index (χ0v) is 15.8. The SMILES string of the molecule is COC(=O)[C@H]1C(=O)N2c3ccccc3CO[C@@H]2C[C@@H]1c1ccc(Br)cc1. The Morgan fingerprint density at radius 1 is 1.19 bits per heavy atom. The molecule has 5 nitrogen and oxygen atoms in total. The van der Waals surface area contributed by atoms with Gasteiger partial charge < -0.3 is 9.47 Å². The van der Waals surface area contributed by atoms with Gasteiger partial charge in [-0.25, -0.2) is 0 Å². The number of hydrogen-bond acceptors (Lipinski definition) is 4. The maximum atomic E-state index is 13.3. The second kappa shape index (κ2) is 6.85. The predicted molar refractivity (Wildman–Crippen MR) is 99.5 cm³/mol. The molecule has 0 aliphatic carbocycles. The largest absolute Gasteiger partial charge is 0.468 e. The van der Waals surface area contributed by atoms with E-state index < -0.39 is 11.9 Å². The van der Waals surface area contributed by atoms with Crippen molar-refractivity contribution < 1.29 is 19.1 Å². The summed E-state index contributed by atoms with van der Waals surface area (Å²) < 4.78 is 11.9. The van der Waals surface area contributed by atoms with Crippen LogP contribution in [-0.2, 0) is 25.7 Å². The normalized spacial score (nSPS) is 24.6. The lowest BCUT2D eigenvalue weighted by Crippen LogP contribution is -2.56. The third kappa shape index (κ3) is 2.83. The number of anilines is 1. The zero-order chi connectivity index (χ0) is 18.3. The summed E-state index contributed by atoms with van der Waals surface area (Å²) in [5, 5.41) is 0. The van der Waals surface area contributed by atoms with Crippen LogP contribution in [0.3, 0.4) is 0 Å². The van der Waals surface area contributed by atoms with Gasteiger partial charge in [-0.1, -0.05) is 46.3 Å². The Morgan fingerprint density at radius 3 is 2.65 bits per heavy atom. The molecule has 134 valence electrons. The number of nitrogens with zero attached hydrogens (tertiary/aromatic N) is 1. The molecular formula is C20H18BrNO4. The van der Waals surface area contributed by atoms with Crippen molar-refractivity contribution in [1.82, 2.24) is 0 Å². The molecule has 2 aromatic rings. The number of fused-ring (bicyclic) bond motifs is 3. The van der Waals surface area contributed by atoms with E-state index in [1.54, 1.807) is 4.90 Å². The Balaban J connectivity index is 1.76. The second-order valence-electron chi connectivity index (χ2n) is 6.50. The summed E-state index contributed by atoms with van der Waals surface area (Å²) in [6, 6.07) is 15.3. The molecule has 0 radical (unpaired) electrons. The minimum absolute atomic E-state index is 0.270. The Bertz CT molecular complexity index is 851. The third-order valence-corrected chi connectivity index (χ3v) is 5.61. The molecule has 2 heterocycles. The van der Waals surface area contributed by atoms with Gasteiger partial charge in [0.25, 0.3) is 0 Å². The van der Waals surface area contributed by atoms with E-state index in [2.05, 4.69) is 15.9 Å². The number of amides is 1. The molecule has 0 N–H and O–H groups in total. The summed E-state index contributed by atoms with van der Waals surface area (Å²) in [7, 11) is 1.32. The molecule has 2 aliphatic rings. The Kier molecular flexibility index (Phi) is 4.54. The van der Waals surface area contributed by atoms with Crippen LogP contribution in [0.1, 0.15) is 23.5 Å². The fourth-order valence-electron chi connectivity index (χ4n) is 3.82. The van der Waals surface area contributed by atoms with Crippen LogP contribution < -0.4 is 4.90 Å². The molecular weight excluding hydrogens is 398 g/mol. The fourth-order valence-corrected chi connectivity index (χ4v) is 4.09. The van der Waals surface area contributed by atoms with Crippen molar-refractivity contribution >= 4 is 33.5 Å². The highest BCUT2D eigenvalue weighted by molar-refractivity contribution is 9.10. The van der Waals surface area contributed by atoms with E-state index in [1.165, 1.54) is 7.11 Å². The van der Waals surface area contributed by atoms with Gasteiger partial charge in [0, 0.05) is 22.4 Å². The minimum atomic E-state index is -0.882. The molecule has 2 aliphatic heterocycles. The van der Waals surface area contributed by atoms with Gasteiger partial charge in [-0.3, -0.25) is 14.5 Å². The molecule has 0 unspecified atom stereocenters. The summed E-state index contributed by atoms with van der Waals surface area (Å²) in [6.45, 7) is 0.459. The minimum Gasteiger partial charge on any atom is -0.468 e. The monoisotopic (exact) mass is 415 g/mol. The standard InChI is InChI=1S/C20H18BrNO4/c1-25-20(24)18-15(12-6-8-14(21)9-7-12)10-17-22(19(18)23)16-5-3-2-4-13(16)11-26-17/h2-9,15,17-18H,10-11H2,1H3/t15-,17-,18-/m1/s1. The van der Waals surface area contributed by atoms with Gasteiger partial charge in [0.05, 0.1) is 19.4 Å². The van der Waals surface area contributed by atoms with Crippen molar-refractivity contribution in [2.24, 2.45) is 5.92 Å². The van der Waals surface area contributed by atoms with Gasteiger partial charge in [0.15, 0.2) is 0 Å². The van der Waals surface area contributed by atoms with Crippen molar-refractivity contribution in [1.29, 1.82) is 0 Å². The molecule has 0 saturated carbocycles. The smallest absolute Gasteiger partial charge is 0.318 e.